The maximum atomic E-state index is 10.4. The van der Waals surface area contributed by atoms with Gasteiger partial charge in [-0.2, -0.15) is 0 Å². The zero-order valence-electron chi connectivity index (χ0n) is 7.61. The van der Waals surface area contributed by atoms with Crippen LogP contribution in [0, 0.1) is 6.92 Å². The normalized spacial score (nSPS) is 12.8. The van der Waals surface area contributed by atoms with E-state index in [2.05, 4.69) is 0 Å². The fraction of sp³-hybridized carbons (Fsp3) is 0.444. The number of carboxylic acid groups (broad SMARTS) is 1. The molecular formula is C9H12O4. The third-order valence-electron chi connectivity index (χ3n) is 1.62. The minimum atomic E-state index is -0.969. The molecule has 1 rings (SSSR count). The second-order valence-corrected chi connectivity index (χ2v) is 2.80. The quantitative estimate of drug-likeness (QED) is 0.771. The highest BCUT2D eigenvalue weighted by Gasteiger charge is 2.11. The molecule has 0 saturated carbocycles. The number of rotatable bonds is 4. The van der Waals surface area contributed by atoms with Crippen molar-refractivity contribution in [1.82, 2.24) is 0 Å². The fourth-order valence-corrected chi connectivity index (χ4v) is 0.841. The summed E-state index contributed by atoms with van der Waals surface area (Å²) in [5.41, 5.74) is 0. The van der Waals surface area contributed by atoms with Crippen molar-refractivity contribution >= 4 is 5.97 Å². The molecule has 0 bridgehead atoms. The molecule has 0 aliphatic heterocycles. The molecular weight excluding hydrogens is 172 g/mol. The summed E-state index contributed by atoms with van der Waals surface area (Å²) in [6.45, 7) is 3.50. The van der Waals surface area contributed by atoms with E-state index in [9.17, 15) is 4.79 Å². The summed E-state index contributed by atoms with van der Waals surface area (Å²) < 4.78 is 10.2. The van der Waals surface area contributed by atoms with Crippen molar-refractivity contribution in [3.05, 3.63) is 23.7 Å². The lowest BCUT2D eigenvalue weighted by molar-refractivity contribution is -0.150. The molecule has 0 aliphatic carbocycles. The first-order valence-corrected chi connectivity index (χ1v) is 3.99. The van der Waals surface area contributed by atoms with Gasteiger partial charge < -0.3 is 14.3 Å². The average molecular weight is 184 g/mol. The summed E-state index contributed by atoms with van der Waals surface area (Å²) in [4.78, 5) is 10.4. The second-order valence-electron chi connectivity index (χ2n) is 2.80. The standard InChI is InChI=1S/C9H12O4/c1-6-3-4-8(13-6)5-12-7(2)9(10)11/h3-4,7H,5H2,1-2H3,(H,10,11). The van der Waals surface area contributed by atoms with Gasteiger partial charge in [-0.15, -0.1) is 0 Å². The Morgan fingerprint density at radius 1 is 1.69 bits per heavy atom. The molecule has 1 atom stereocenters. The number of aryl methyl sites for hydroxylation is 1. The van der Waals surface area contributed by atoms with Crippen molar-refractivity contribution in [2.45, 2.75) is 26.6 Å². The van der Waals surface area contributed by atoms with Crippen molar-refractivity contribution < 1.29 is 19.1 Å². The Morgan fingerprint density at radius 2 is 2.38 bits per heavy atom. The zero-order valence-corrected chi connectivity index (χ0v) is 7.61. The number of carbonyl (C=O) groups is 1. The Bertz CT molecular complexity index is 290. The molecule has 4 nitrogen and oxygen atoms in total. The number of aliphatic carboxylic acids is 1. The average Bonchev–Trinajstić information content (AvgIpc) is 2.47. The lowest BCUT2D eigenvalue weighted by Gasteiger charge is -2.05. The summed E-state index contributed by atoms with van der Waals surface area (Å²) in [5, 5.41) is 8.51. The highest BCUT2D eigenvalue weighted by atomic mass is 16.5. The number of ether oxygens (including phenoxy) is 1. The maximum absolute atomic E-state index is 10.4. The minimum Gasteiger partial charge on any atom is -0.479 e. The van der Waals surface area contributed by atoms with Gasteiger partial charge in [0.2, 0.25) is 0 Å². The topological polar surface area (TPSA) is 59.7 Å². The van der Waals surface area contributed by atoms with Crippen LogP contribution < -0.4 is 0 Å². The molecule has 1 N–H and O–H groups in total. The van der Waals surface area contributed by atoms with Gasteiger partial charge in [0.05, 0.1) is 0 Å². The number of furan rings is 1. The van der Waals surface area contributed by atoms with E-state index in [1.165, 1.54) is 6.92 Å². The van der Waals surface area contributed by atoms with Crippen LogP contribution in [0.1, 0.15) is 18.4 Å². The summed E-state index contributed by atoms with van der Waals surface area (Å²) >= 11 is 0. The van der Waals surface area contributed by atoms with Gasteiger partial charge in [0, 0.05) is 0 Å². The molecule has 1 unspecified atom stereocenters. The van der Waals surface area contributed by atoms with Crippen molar-refractivity contribution in [2.75, 3.05) is 0 Å². The monoisotopic (exact) mass is 184 g/mol. The third-order valence-corrected chi connectivity index (χ3v) is 1.62. The van der Waals surface area contributed by atoms with E-state index in [1.54, 1.807) is 6.07 Å². The summed E-state index contributed by atoms with van der Waals surface area (Å²) in [5.74, 6) is 0.468. The molecule has 13 heavy (non-hydrogen) atoms. The van der Waals surface area contributed by atoms with Gasteiger partial charge in [-0.1, -0.05) is 0 Å². The first-order valence-electron chi connectivity index (χ1n) is 3.99. The minimum absolute atomic E-state index is 0.196. The first kappa shape index (κ1) is 9.80. The Hall–Kier alpha value is -1.29. The fourth-order valence-electron chi connectivity index (χ4n) is 0.841. The third kappa shape index (κ3) is 2.91. The Labute approximate surface area is 76.1 Å². The summed E-state index contributed by atoms with van der Waals surface area (Å²) in [6, 6.07) is 3.58. The largest absolute Gasteiger partial charge is 0.479 e. The first-order chi connectivity index (χ1) is 6.09. The van der Waals surface area contributed by atoms with Crippen molar-refractivity contribution in [2.24, 2.45) is 0 Å². The van der Waals surface area contributed by atoms with E-state index in [4.69, 9.17) is 14.3 Å². The molecule has 0 saturated heterocycles. The number of hydrogen-bond donors (Lipinski definition) is 1. The van der Waals surface area contributed by atoms with Crippen molar-refractivity contribution in [3.63, 3.8) is 0 Å². The Balaban J connectivity index is 2.39. The maximum Gasteiger partial charge on any atom is 0.332 e. The molecule has 0 fully saturated rings. The van der Waals surface area contributed by atoms with Crippen LogP contribution >= 0.6 is 0 Å². The van der Waals surface area contributed by atoms with E-state index in [1.807, 2.05) is 13.0 Å². The molecule has 0 spiro atoms. The van der Waals surface area contributed by atoms with Crippen molar-refractivity contribution in [3.8, 4) is 0 Å². The molecule has 0 aliphatic rings. The van der Waals surface area contributed by atoms with Gasteiger partial charge in [-0.3, -0.25) is 0 Å². The molecule has 1 aromatic heterocycles. The number of hydrogen-bond acceptors (Lipinski definition) is 3. The predicted molar refractivity (Wildman–Crippen MR) is 45.3 cm³/mol. The molecule has 0 radical (unpaired) electrons. The lowest BCUT2D eigenvalue weighted by atomic mass is 10.4. The molecule has 1 aromatic rings. The van der Waals surface area contributed by atoms with E-state index in [0.717, 1.165) is 5.76 Å². The molecule has 4 heteroatoms. The molecule has 1 heterocycles. The molecule has 0 aromatic carbocycles. The molecule has 0 amide bonds. The van der Waals surface area contributed by atoms with Crippen LogP contribution in [0.3, 0.4) is 0 Å². The van der Waals surface area contributed by atoms with Crippen LogP contribution in [0.15, 0.2) is 16.5 Å². The van der Waals surface area contributed by atoms with Crippen LogP contribution in [0.4, 0.5) is 0 Å². The van der Waals surface area contributed by atoms with Crippen LogP contribution in [0.25, 0.3) is 0 Å². The highest BCUT2D eigenvalue weighted by Crippen LogP contribution is 2.08. The van der Waals surface area contributed by atoms with Gasteiger partial charge in [0.25, 0.3) is 0 Å². The van der Waals surface area contributed by atoms with E-state index < -0.39 is 12.1 Å². The summed E-state index contributed by atoms with van der Waals surface area (Å²) in [7, 11) is 0. The number of carboxylic acids is 1. The van der Waals surface area contributed by atoms with E-state index in [-0.39, 0.29) is 6.61 Å². The van der Waals surface area contributed by atoms with Crippen LogP contribution in [0.2, 0.25) is 0 Å². The van der Waals surface area contributed by atoms with E-state index in [0.29, 0.717) is 5.76 Å². The SMILES string of the molecule is Cc1ccc(COC(C)C(=O)O)o1. The van der Waals surface area contributed by atoms with Crippen LogP contribution in [-0.2, 0) is 16.1 Å². The Morgan fingerprint density at radius 3 is 2.85 bits per heavy atom. The zero-order chi connectivity index (χ0) is 9.84. The smallest absolute Gasteiger partial charge is 0.332 e. The van der Waals surface area contributed by atoms with Crippen LogP contribution in [0.5, 0.6) is 0 Å². The van der Waals surface area contributed by atoms with Crippen LogP contribution in [-0.4, -0.2) is 17.2 Å². The van der Waals surface area contributed by atoms with E-state index >= 15 is 0 Å². The molecule has 72 valence electrons. The van der Waals surface area contributed by atoms with Gasteiger partial charge in [-0.25, -0.2) is 4.79 Å². The van der Waals surface area contributed by atoms with Gasteiger partial charge in [-0.05, 0) is 26.0 Å². The Kier molecular flexibility index (Phi) is 3.08. The van der Waals surface area contributed by atoms with Crippen molar-refractivity contribution in [1.29, 1.82) is 0 Å². The summed E-state index contributed by atoms with van der Waals surface area (Å²) in [6.07, 6.45) is -0.801. The van der Waals surface area contributed by atoms with Gasteiger partial charge >= 0.3 is 5.97 Å². The predicted octanol–water partition coefficient (Wildman–Crippen LogP) is 1.58. The lowest BCUT2D eigenvalue weighted by Crippen LogP contribution is -2.19. The second kappa shape index (κ2) is 4.09. The van der Waals surface area contributed by atoms with Gasteiger partial charge in [0.1, 0.15) is 18.1 Å². The highest BCUT2D eigenvalue weighted by molar-refractivity contribution is 5.71. The van der Waals surface area contributed by atoms with Gasteiger partial charge in [0.15, 0.2) is 6.10 Å².